The minimum Gasteiger partial charge on any atom is -0.480 e. The van der Waals surface area contributed by atoms with Gasteiger partial charge in [-0.3, -0.25) is 4.79 Å². The molecule has 8 heteroatoms. The van der Waals surface area contributed by atoms with Gasteiger partial charge in [-0.1, -0.05) is 84.9 Å². The van der Waals surface area contributed by atoms with E-state index in [2.05, 4.69) is 22.8 Å². The number of hydrogen-bond acceptors (Lipinski definition) is 5. The van der Waals surface area contributed by atoms with Crippen molar-refractivity contribution in [2.24, 2.45) is 0 Å². The molecule has 0 fully saturated rings. The molecule has 1 aliphatic carbocycles. The van der Waals surface area contributed by atoms with Crippen molar-refractivity contribution in [2.75, 3.05) is 13.2 Å². The van der Waals surface area contributed by atoms with Gasteiger partial charge >= 0.3 is 12.1 Å². The molecule has 0 saturated carbocycles. The van der Waals surface area contributed by atoms with Crippen LogP contribution in [0.5, 0.6) is 0 Å². The summed E-state index contributed by atoms with van der Waals surface area (Å²) >= 11 is 0. The van der Waals surface area contributed by atoms with Crippen LogP contribution in [0.15, 0.2) is 91.0 Å². The molecule has 2 atom stereocenters. The highest BCUT2D eigenvalue weighted by Gasteiger charge is 2.29. The van der Waals surface area contributed by atoms with Crippen molar-refractivity contribution in [3.8, 4) is 11.1 Å². The zero-order valence-electron chi connectivity index (χ0n) is 21.0. The standard InChI is InChI=1S/C30H30N2O6/c1-20(37-18-21-10-3-2-4-11-21)28(29(34)35)32-27(33)16-9-17-31-30(36)38-19-26-24-14-7-5-12-22(24)23-13-6-8-15-25(23)26/h2-16,20,26,28H,17-19H2,1H3,(H,31,36)(H,32,33)(H,34,35)/b16-9+. The first-order valence-corrected chi connectivity index (χ1v) is 12.4. The largest absolute Gasteiger partial charge is 0.480 e. The molecular formula is C30H30N2O6. The number of carboxylic acid groups (broad SMARTS) is 1. The second-order valence-corrected chi connectivity index (χ2v) is 8.94. The Morgan fingerprint density at radius 1 is 0.921 bits per heavy atom. The van der Waals surface area contributed by atoms with Crippen molar-refractivity contribution >= 4 is 18.0 Å². The van der Waals surface area contributed by atoms with Crippen LogP contribution < -0.4 is 10.6 Å². The second-order valence-electron chi connectivity index (χ2n) is 8.94. The van der Waals surface area contributed by atoms with Crippen LogP contribution in [0.3, 0.4) is 0 Å². The van der Waals surface area contributed by atoms with E-state index in [1.54, 1.807) is 6.92 Å². The Bertz CT molecular complexity index is 1260. The molecule has 2 amide bonds. The molecule has 0 radical (unpaired) electrons. The summed E-state index contributed by atoms with van der Waals surface area (Å²) in [5.41, 5.74) is 5.42. The van der Waals surface area contributed by atoms with Gasteiger partial charge in [-0.2, -0.15) is 0 Å². The van der Waals surface area contributed by atoms with Crippen LogP contribution in [0.2, 0.25) is 0 Å². The molecule has 1 aliphatic rings. The van der Waals surface area contributed by atoms with Gasteiger partial charge in [-0.25, -0.2) is 9.59 Å². The molecule has 4 rings (SSSR count). The Morgan fingerprint density at radius 3 is 2.16 bits per heavy atom. The molecule has 2 unspecified atom stereocenters. The molecule has 196 valence electrons. The minimum atomic E-state index is -1.23. The number of amides is 2. The van der Waals surface area contributed by atoms with Gasteiger partial charge in [0.2, 0.25) is 5.91 Å². The highest BCUT2D eigenvalue weighted by Crippen LogP contribution is 2.44. The van der Waals surface area contributed by atoms with Crippen LogP contribution >= 0.6 is 0 Å². The van der Waals surface area contributed by atoms with Crippen LogP contribution in [0, 0.1) is 0 Å². The molecular weight excluding hydrogens is 484 g/mol. The molecule has 3 N–H and O–H groups in total. The quantitative estimate of drug-likeness (QED) is 0.330. The number of fused-ring (bicyclic) bond motifs is 3. The number of nitrogens with one attached hydrogen (secondary N) is 2. The predicted molar refractivity (Wildman–Crippen MR) is 142 cm³/mol. The van der Waals surface area contributed by atoms with Crippen molar-refractivity contribution in [1.82, 2.24) is 10.6 Å². The molecule has 0 saturated heterocycles. The molecule has 0 aliphatic heterocycles. The Kier molecular flexibility index (Phi) is 8.89. The van der Waals surface area contributed by atoms with Crippen LogP contribution in [0.1, 0.15) is 29.5 Å². The molecule has 0 bridgehead atoms. The number of aliphatic carboxylic acids is 1. The first-order valence-electron chi connectivity index (χ1n) is 12.4. The fraction of sp³-hybridized carbons (Fsp3) is 0.233. The van der Waals surface area contributed by atoms with E-state index >= 15 is 0 Å². The Hall–Kier alpha value is -4.43. The maximum Gasteiger partial charge on any atom is 0.407 e. The van der Waals surface area contributed by atoms with Gasteiger partial charge in [0.05, 0.1) is 12.7 Å². The molecule has 3 aromatic carbocycles. The lowest BCUT2D eigenvalue weighted by atomic mass is 9.98. The van der Waals surface area contributed by atoms with Gasteiger partial charge < -0.3 is 25.2 Å². The molecule has 3 aromatic rings. The van der Waals surface area contributed by atoms with E-state index in [-0.39, 0.29) is 25.7 Å². The zero-order valence-corrected chi connectivity index (χ0v) is 21.0. The van der Waals surface area contributed by atoms with Crippen LogP contribution in [0.25, 0.3) is 11.1 Å². The van der Waals surface area contributed by atoms with Crippen molar-refractivity contribution in [3.05, 3.63) is 108 Å². The van der Waals surface area contributed by atoms with Crippen molar-refractivity contribution in [3.63, 3.8) is 0 Å². The zero-order chi connectivity index (χ0) is 26.9. The van der Waals surface area contributed by atoms with E-state index in [1.807, 2.05) is 66.7 Å². The lowest BCUT2D eigenvalue weighted by Crippen LogP contribution is -2.48. The number of rotatable bonds is 11. The van der Waals surface area contributed by atoms with Gasteiger partial charge in [-0.15, -0.1) is 0 Å². The van der Waals surface area contributed by atoms with E-state index in [0.29, 0.717) is 0 Å². The lowest BCUT2D eigenvalue weighted by Gasteiger charge is -2.21. The van der Waals surface area contributed by atoms with Crippen LogP contribution in [-0.4, -0.2) is 48.4 Å². The minimum absolute atomic E-state index is 0.0435. The van der Waals surface area contributed by atoms with Crippen molar-refractivity contribution in [2.45, 2.75) is 31.6 Å². The lowest BCUT2D eigenvalue weighted by molar-refractivity contribution is -0.145. The fourth-order valence-corrected chi connectivity index (χ4v) is 4.44. The van der Waals surface area contributed by atoms with E-state index in [9.17, 15) is 19.5 Å². The highest BCUT2D eigenvalue weighted by atomic mass is 16.5. The van der Waals surface area contributed by atoms with E-state index in [0.717, 1.165) is 27.8 Å². The topological polar surface area (TPSA) is 114 Å². The number of hydrogen-bond donors (Lipinski definition) is 3. The first kappa shape index (κ1) is 26.6. The van der Waals surface area contributed by atoms with E-state index in [1.165, 1.54) is 12.2 Å². The Morgan fingerprint density at radius 2 is 1.53 bits per heavy atom. The molecule has 8 nitrogen and oxygen atoms in total. The number of carbonyl (C=O) groups is 3. The first-order chi connectivity index (χ1) is 18.4. The maximum absolute atomic E-state index is 12.3. The van der Waals surface area contributed by atoms with E-state index in [4.69, 9.17) is 9.47 Å². The Labute approximate surface area is 221 Å². The highest BCUT2D eigenvalue weighted by molar-refractivity contribution is 5.91. The monoisotopic (exact) mass is 514 g/mol. The summed E-state index contributed by atoms with van der Waals surface area (Å²) in [6.45, 7) is 2.04. The van der Waals surface area contributed by atoms with Gasteiger partial charge in [0.1, 0.15) is 6.61 Å². The summed E-state index contributed by atoms with van der Waals surface area (Å²) in [7, 11) is 0. The van der Waals surface area contributed by atoms with E-state index < -0.39 is 30.1 Å². The maximum atomic E-state index is 12.3. The number of alkyl carbamates (subject to hydrolysis) is 1. The average molecular weight is 515 g/mol. The number of ether oxygens (including phenoxy) is 2. The summed E-state index contributed by atoms with van der Waals surface area (Å²) in [5, 5.41) is 14.5. The molecule has 0 heterocycles. The van der Waals surface area contributed by atoms with Crippen molar-refractivity contribution < 1.29 is 29.0 Å². The molecule has 38 heavy (non-hydrogen) atoms. The summed E-state index contributed by atoms with van der Waals surface area (Å²) < 4.78 is 11.1. The van der Waals surface area contributed by atoms with Crippen LogP contribution in [-0.2, 0) is 25.7 Å². The molecule has 0 aromatic heterocycles. The summed E-state index contributed by atoms with van der Waals surface area (Å²) in [4.78, 5) is 36.2. The summed E-state index contributed by atoms with van der Waals surface area (Å²) in [6.07, 6.45) is 1.22. The molecule has 0 spiro atoms. The van der Waals surface area contributed by atoms with Gasteiger partial charge in [-0.05, 0) is 34.7 Å². The number of carbonyl (C=O) groups excluding carboxylic acids is 2. The van der Waals surface area contributed by atoms with Crippen molar-refractivity contribution in [1.29, 1.82) is 0 Å². The van der Waals surface area contributed by atoms with Crippen LogP contribution in [0.4, 0.5) is 4.79 Å². The van der Waals surface area contributed by atoms with Gasteiger partial charge in [0.25, 0.3) is 0 Å². The van der Waals surface area contributed by atoms with Gasteiger partial charge in [0.15, 0.2) is 6.04 Å². The smallest absolute Gasteiger partial charge is 0.407 e. The van der Waals surface area contributed by atoms with Gasteiger partial charge in [0, 0.05) is 18.5 Å². The fourth-order valence-electron chi connectivity index (χ4n) is 4.44. The SMILES string of the molecule is CC(OCc1ccccc1)C(NC(=O)/C=C/CNC(=O)OCC1c2ccccc2-c2ccccc21)C(=O)O. The normalized spacial score (nSPS) is 13.8. The number of benzene rings is 3. The Balaban J connectivity index is 1.21. The average Bonchev–Trinajstić information content (AvgIpc) is 3.25. The number of carboxylic acids is 1. The summed E-state index contributed by atoms with van der Waals surface area (Å²) in [6, 6.07) is 24.2. The third kappa shape index (κ3) is 6.66. The second kappa shape index (κ2) is 12.7. The third-order valence-electron chi connectivity index (χ3n) is 6.37. The third-order valence-corrected chi connectivity index (χ3v) is 6.37. The summed E-state index contributed by atoms with van der Waals surface area (Å²) in [5.74, 6) is -1.86. The predicted octanol–water partition coefficient (Wildman–Crippen LogP) is 4.26.